The first kappa shape index (κ1) is 13.8. The van der Waals surface area contributed by atoms with Crippen molar-refractivity contribution in [2.24, 2.45) is 0 Å². The molecular weight excluding hydrogens is 270 g/mol. The van der Waals surface area contributed by atoms with E-state index in [1.54, 1.807) is 11.1 Å². The third kappa shape index (κ3) is 2.56. The van der Waals surface area contributed by atoms with Crippen LogP contribution in [0.4, 0.5) is 10.5 Å². The molecule has 21 heavy (non-hydrogen) atoms. The first-order chi connectivity index (χ1) is 10.1. The molecule has 0 unspecified atom stereocenters. The van der Waals surface area contributed by atoms with Gasteiger partial charge in [0.05, 0.1) is 30.6 Å². The Hall–Kier alpha value is -2.15. The fourth-order valence-corrected chi connectivity index (χ4v) is 2.50. The topological polar surface area (TPSA) is 83.1 Å². The lowest BCUT2D eigenvalue weighted by Gasteiger charge is -2.37. The number of hydrogen-bond donors (Lipinski definition) is 2. The number of carbonyl (C=O) groups excluding carboxylic acids is 1. The number of urea groups is 1. The zero-order valence-electron chi connectivity index (χ0n) is 12.4. The monoisotopic (exact) mass is 289 g/mol. The molecule has 0 spiro atoms. The maximum Gasteiger partial charge on any atom is 0.322 e. The Bertz CT molecular complexity index is 668. The zero-order valence-corrected chi connectivity index (χ0v) is 12.4. The number of anilines is 1. The van der Waals surface area contributed by atoms with Gasteiger partial charge >= 0.3 is 6.03 Å². The van der Waals surface area contributed by atoms with Crippen LogP contribution >= 0.6 is 0 Å². The smallest absolute Gasteiger partial charge is 0.322 e. The molecule has 1 fully saturated rings. The van der Waals surface area contributed by atoms with Crippen molar-refractivity contribution in [1.29, 1.82) is 0 Å². The second kappa shape index (κ2) is 5.33. The molecule has 2 amide bonds. The molecule has 0 aromatic carbocycles. The Morgan fingerprint density at radius 1 is 1.52 bits per heavy atom. The van der Waals surface area contributed by atoms with Crippen LogP contribution in [0.3, 0.4) is 0 Å². The molecule has 7 nitrogen and oxygen atoms in total. The summed E-state index contributed by atoms with van der Waals surface area (Å²) in [7, 11) is 0. The summed E-state index contributed by atoms with van der Waals surface area (Å²) >= 11 is 0. The summed E-state index contributed by atoms with van der Waals surface area (Å²) in [6.45, 7) is 7.06. The standard InChI is InChI=1S/C14H19N5O2/c1-8-12-6-11(7-15-13(12)18-17-8)16-14(20)19-4-5-21-10(3)9(19)2/h6-7,9-10H,4-5H2,1-3H3,(H,16,20)(H,15,17,18)/t9-,10-/m1/s1. The Morgan fingerprint density at radius 2 is 2.33 bits per heavy atom. The molecule has 1 aliphatic heterocycles. The highest BCUT2D eigenvalue weighted by Crippen LogP contribution is 2.19. The fraction of sp³-hybridized carbons (Fsp3) is 0.500. The minimum atomic E-state index is -0.125. The van der Waals surface area contributed by atoms with E-state index in [0.29, 0.717) is 24.5 Å². The summed E-state index contributed by atoms with van der Waals surface area (Å²) < 4.78 is 5.54. The van der Waals surface area contributed by atoms with Crippen molar-refractivity contribution in [3.8, 4) is 0 Å². The van der Waals surface area contributed by atoms with E-state index in [1.165, 1.54) is 0 Å². The van der Waals surface area contributed by atoms with Crippen LogP contribution < -0.4 is 5.32 Å². The van der Waals surface area contributed by atoms with Gasteiger partial charge in [-0.1, -0.05) is 0 Å². The average Bonchev–Trinajstić information content (AvgIpc) is 2.83. The van der Waals surface area contributed by atoms with Gasteiger partial charge in [0.25, 0.3) is 0 Å². The molecule has 1 saturated heterocycles. The second-order valence-corrected chi connectivity index (χ2v) is 5.38. The van der Waals surface area contributed by atoms with Crippen molar-refractivity contribution in [1.82, 2.24) is 20.1 Å². The van der Waals surface area contributed by atoms with Crippen LogP contribution in [0.25, 0.3) is 11.0 Å². The van der Waals surface area contributed by atoms with E-state index in [2.05, 4.69) is 20.5 Å². The molecule has 0 aliphatic carbocycles. The fourth-order valence-electron chi connectivity index (χ4n) is 2.50. The maximum absolute atomic E-state index is 12.4. The maximum atomic E-state index is 12.4. The number of nitrogens with zero attached hydrogens (tertiary/aromatic N) is 3. The molecule has 7 heteroatoms. The quantitative estimate of drug-likeness (QED) is 0.840. The van der Waals surface area contributed by atoms with Crippen LogP contribution in [-0.4, -0.2) is 51.4 Å². The van der Waals surface area contributed by atoms with Crippen molar-refractivity contribution in [2.45, 2.75) is 32.9 Å². The number of amides is 2. The predicted molar refractivity (Wildman–Crippen MR) is 79.2 cm³/mol. The number of rotatable bonds is 1. The van der Waals surface area contributed by atoms with Gasteiger partial charge in [-0.15, -0.1) is 0 Å². The van der Waals surface area contributed by atoms with E-state index in [9.17, 15) is 4.79 Å². The van der Waals surface area contributed by atoms with E-state index in [4.69, 9.17) is 4.74 Å². The van der Waals surface area contributed by atoms with E-state index in [-0.39, 0.29) is 18.2 Å². The van der Waals surface area contributed by atoms with Crippen molar-refractivity contribution in [3.63, 3.8) is 0 Å². The number of H-pyrrole nitrogens is 1. The van der Waals surface area contributed by atoms with E-state index in [1.807, 2.05) is 26.8 Å². The number of nitrogens with one attached hydrogen (secondary N) is 2. The van der Waals surface area contributed by atoms with Gasteiger partial charge in [-0.3, -0.25) is 5.10 Å². The summed E-state index contributed by atoms with van der Waals surface area (Å²) in [4.78, 5) is 18.4. The minimum absolute atomic E-state index is 0.0428. The van der Waals surface area contributed by atoms with Gasteiger partial charge in [0.15, 0.2) is 5.65 Å². The number of aromatic nitrogens is 3. The first-order valence-electron chi connectivity index (χ1n) is 7.06. The third-order valence-electron chi connectivity index (χ3n) is 4.00. The molecule has 112 valence electrons. The van der Waals surface area contributed by atoms with Crippen LogP contribution in [0.5, 0.6) is 0 Å². The normalized spacial score (nSPS) is 22.5. The molecule has 2 atom stereocenters. The number of aromatic amines is 1. The summed E-state index contributed by atoms with van der Waals surface area (Å²) in [6, 6.07) is 1.80. The van der Waals surface area contributed by atoms with E-state index < -0.39 is 0 Å². The van der Waals surface area contributed by atoms with E-state index >= 15 is 0 Å². The van der Waals surface area contributed by atoms with Gasteiger partial charge in [-0.25, -0.2) is 9.78 Å². The van der Waals surface area contributed by atoms with Gasteiger partial charge < -0.3 is 15.0 Å². The van der Waals surface area contributed by atoms with Gasteiger partial charge in [0.2, 0.25) is 0 Å². The highest BCUT2D eigenvalue weighted by atomic mass is 16.5. The molecule has 0 radical (unpaired) electrons. The van der Waals surface area contributed by atoms with Crippen molar-refractivity contribution < 1.29 is 9.53 Å². The van der Waals surface area contributed by atoms with Gasteiger partial charge in [0.1, 0.15) is 0 Å². The summed E-state index contributed by atoms with van der Waals surface area (Å²) in [5, 5.41) is 10.8. The van der Waals surface area contributed by atoms with Crippen molar-refractivity contribution >= 4 is 22.8 Å². The van der Waals surface area contributed by atoms with Crippen LogP contribution in [0.15, 0.2) is 12.3 Å². The van der Waals surface area contributed by atoms with Gasteiger partial charge in [-0.2, -0.15) is 5.10 Å². The van der Waals surface area contributed by atoms with Crippen molar-refractivity contribution in [2.75, 3.05) is 18.5 Å². The lowest BCUT2D eigenvalue weighted by molar-refractivity contribution is -0.0355. The highest BCUT2D eigenvalue weighted by Gasteiger charge is 2.29. The highest BCUT2D eigenvalue weighted by molar-refractivity contribution is 5.92. The summed E-state index contributed by atoms with van der Waals surface area (Å²) in [5.41, 5.74) is 2.25. The molecule has 0 bridgehead atoms. The van der Waals surface area contributed by atoms with Gasteiger partial charge in [0, 0.05) is 17.6 Å². The van der Waals surface area contributed by atoms with E-state index in [0.717, 1.165) is 11.1 Å². The third-order valence-corrected chi connectivity index (χ3v) is 4.00. The molecule has 0 saturated carbocycles. The number of fused-ring (bicyclic) bond motifs is 1. The van der Waals surface area contributed by atoms with Gasteiger partial charge in [-0.05, 0) is 26.8 Å². The Morgan fingerprint density at radius 3 is 3.14 bits per heavy atom. The zero-order chi connectivity index (χ0) is 15.0. The predicted octanol–water partition coefficient (Wildman–Crippen LogP) is 1.91. The van der Waals surface area contributed by atoms with Crippen molar-refractivity contribution in [3.05, 3.63) is 18.0 Å². The number of hydrogen-bond acceptors (Lipinski definition) is 4. The molecule has 3 heterocycles. The molecule has 2 aromatic heterocycles. The summed E-state index contributed by atoms with van der Waals surface area (Å²) in [6.07, 6.45) is 1.66. The molecule has 1 aliphatic rings. The first-order valence-corrected chi connectivity index (χ1v) is 7.06. The SMILES string of the molecule is Cc1[nH]nc2ncc(NC(=O)N3CCO[C@H](C)[C@H]3C)cc12. The lowest BCUT2D eigenvalue weighted by atomic mass is 10.1. The lowest BCUT2D eigenvalue weighted by Crippen LogP contribution is -2.52. The number of carbonyl (C=O) groups is 1. The molecular formula is C14H19N5O2. The number of aryl methyl sites for hydroxylation is 1. The Kier molecular flexibility index (Phi) is 3.50. The Balaban J connectivity index is 1.77. The van der Waals surface area contributed by atoms with Crippen LogP contribution in [0.2, 0.25) is 0 Å². The second-order valence-electron chi connectivity index (χ2n) is 5.38. The molecule has 2 N–H and O–H groups in total. The number of pyridine rings is 1. The number of ether oxygens (including phenoxy) is 1. The van der Waals surface area contributed by atoms with Crippen LogP contribution in [0, 0.1) is 6.92 Å². The molecule has 3 rings (SSSR count). The summed E-state index contributed by atoms with van der Waals surface area (Å²) in [5.74, 6) is 0. The Labute approximate surface area is 122 Å². The largest absolute Gasteiger partial charge is 0.375 e. The average molecular weight is 289 g/mol. The molecule has 2 aromatic rings. The van der Waals surface area contributed by atoms with Crippen LogP contribution in [-0.2, 0) is 4.74 Å². The number of morpholine rings is 1. The minimum Gasteiger partial charge on any atom is -0.375 e. The van der Waals surface area contributed by atoms with Crippen LogP contribution in [0.1, 0.15) is 19.5 Å².